The average Bonchev–Trinajstić information content (AvgIpc) is 3.94. The Morgan fingerprint density at radius 1 is 1.03 bits per heavy atom. The van der Waals surface area contributed by atoms with Gasteiger partial charge in [-0.15, -0.1) is 10.2 Å². The second-order valence-corrected chi connectivity index (χ2v) is 13.5. The minimum atomic E-state index is -5.08. The highest BCUT2D eigenvalue weighted by molar-refractivity contribution is 6.31. The number of carbonyl (C=O) groups is 2. The van der Waals surface area contributed by atoms with Crippen molar-refractivity contribution in [3.63, 3.8) is 0 Å². The summed E-state index contributed by atoms with van der Waals surface area (Å²) in [5.41, 5.74) is 5.81. The molecule has 2 bridgehead atoms. The summed E-state index contributed by atoms with van der Waals surface area (Å²) >= 11 is 6.45. The number of nitrogens with zero attached hydrogens (tertiary/aromatic N) is 12. The van der Waals surface area contributed by atoms with Crippen LogP contribution in [0.4, 0.5) is 18.9 Å². The zero-order chi connectivity index (χ0) is 41.1. The topological polar surface area (TPSA) is 216 Å². The van der Waals surface area contributed by atoms with E-state index in [0.29, 0.717) is 69.5 Å². The molecule has 7 heterocycles. The van der Waals surface area contributed by atoms with Crippen LogP contribution in [0.2, 0.25) is 5.02 Å². The first-order valence-electron chi connectivity index (χ1n) is 17.5. The highest BCUT2D eigenvalue weighted by Crippen LogP contribution is 2.33. The van der Waals surface area contributed by atoms with E-state index in [1.54, 1.807) is 69.0 Å². The normalized spacial score (nSPS) is 15.7. The van der Waals surface area contributed by atoms with Crippen LogP contribution >= 0.6 is 11.6 Å². The molecule has 1 aromatic carbocycles. The highest BCUT2D eigenvalue weighted by Gasteiger charge is 2.38. The van der Waals surface area contributed by atoms with Crippen molar-refractivity contribution in [2.75, 3.05) is 5.32 Å². The van der Waals surface area contributed by atoms with Gasteiger partial charge in [0, 0.05) is 47.6 Å². The van der Waals surface area contributed by atoms with Crippen LogP contribution < -0.4 is 15.7 Å². The Morgan fingerprint density at radius 3 is 2.62 bits per heavy atom. The third-order valence-corrected chi connectivity index (χ3v) is 9.34. The summed E-state index contributed by atoms with van der Waals surface area (Å²) in [5.74, 6) is -3.08. The number of hydrogen-bond donors (Lipinski definition) is 2. The van der Waals surface area contributed by atoms with Gasteiger partial charge < -0.3 is 15.3 Å². The maximum absolute atomic E-state index is 14.0. The molecule has 2 N–H and O–H groups in total. The Labute approximate surface area is 329 Å². The van der Waals surface area contributed by atoms with E-state index in [1.165, 1.54) is 17.2 Å². The molecule has 22 heteroatoms. The van der Waals surface area contributed by atoms with E-state index in [4.69, 9.17) is 31.3 Å². The van der Waals surface area contributed by atoms with Crippen molar-refractivity contribution < 1.29 is 32.7 Å². The minimum Gasteiger partial charge on any atom is -0.475 e. The van der Waals surface area contributed by atoms with Crippen LogP contribution in [-0.2, 0) is 23.2 Å². The van der Waals surface area contributed by atoms with E-state index < -0.39 is 18.2 Å². The number of pyridine rings is 2. The molecule has 8 rings (SSSR count). The van der Waals surface area contributed by atoms with E-state index in [0.717, 1.165) is 11.3 Å². The van der Waals surface area contributed by atoms with Crippen LogP contribution in [0.3, 0.4) is 0 Å². The van der Waals surface area contributed by atoms with Crippen molar-refractivity contribution in [1.29, 1.82) is 0 Å². The summed E-state index contributed by atoms with van der Waals surface area (Å²) in [6.45, 7) is 1.95. The molecule has 0 spiro atoms. The monoisotopic (exact) mass is 817 g/mol. The first-order chi connectivity index (χ1) is 27.8. The summed E-state index contributed by atoms with van der Waals surface area (Å²) in [6, 6.07) is 13.6. The summed E-state index contributed by atoms with van der Waals surface area (Å²) in [6.07, 6.45) is 5.02. The molecule has 298 valence electrons. The molecule has 6 aromatic heterocycles. The lowest BCUT2D eigenvalue weighted by molar-refractivity contribution is -0.192. The number of benzene rings is 1. The van der Waals surface area contributed by atoms with Crippen molar-refractivity contribution in [1.82, 2.24) is 59.5 Å². The Hall–Kier alpha value is -7.03. The fourth-order valence-electron chi connectivity index (χ4n) is 6.23. The molecule has 0 aliphatic carbocycles. The van der Waals surface area contributed by atoms with Crippen molar-refractivity contribution in [3.05, 3.63) is 106 Å². The quantitative estimate of drug-likeness (QED) is 0.233. The molecular weight excluding hydrogens is 787 g/mol. The Kier molecular flexibility index (Phi) is 11.0. The summed E-state index contributed by atoms with van der Waals surface area (Å²) in [7, 11) is 1.82. The summed E-state index contributed by atoms with van der Waals surface area (Å²) < 4.78 is 36.6. The van der Waals surface area contributed by atoms with Gasteiger partial charge in [-0.05, 0) is 60.5 Å². The van der Waals surface area contributed by atoms with E-state index >= 15 is 0 Å². The number of nitrogens with one attached hydrogen (secondary N) is 1. The van der Waals surface area contributed by atoms with Crippen molar-refractivity contribution >= 4 is 40.3 Å². The number of rotatable bonds is 6. The second kappa shape index (κ2) is 16.2. The van der Waals surface area contributed by atoms with E-state index in [1.807, 2.05) is 26.1 Å². The Bertz CT molecular complexity index is 2690. The molecule has 7 aromatic rings. The molecule has 58 heavy (non-hydrogen) atoms. The summed E-state index contributed by atoms with van der Waals surface area (Å²) in [4.78, 5) is 56.6. The van der Waals surface area contributed by atoms with Crippen molar-refractivity contribution in [2.24, 2.45) is 13.0 Å². The van der Waals surface area contributed by atoms with E-state index in [9.17, 15) is 22.8 Å². The number of carboxylic acid groups (broad SMARTS) is 1. The number of fused-ring (bicyclic) bond motifs is 5. The zero-order valence-corrected chi connectivity index (χ0v) is 31.2. The number of hydrogen-bond acceptors (Lipinski definition) is 12. The number of aryl methyl sites for hydroxylation is 1. The first-order valence-corrected chi connectivity index (χ1v) is 17.8. The predicted octanol–water partition coefficient (Wildman–Crippen LogP) is 4.69. The number of carboxylic acids is 1. The number of alkyl halides is 3. The highest BCUT2D eigenvalue weighted by atomic mass is 35.5. The Balaban J connectivity index is 0.000000672. The maximum Gasteiger partial charge on any atom is 0.490 e. The van der Waals surface area contributed by atoms with Gasteiger partial charge in [0.15, 0.2) is 6.61 Å². The molecule has 1 aliphatic heterocycles. The lowest BCUT2D eigenvalue weighted by atomic mass is 9.97. The molecule has 0 fully saturated rings. The molecular formula is C36H31ClF3N13O5. The molecule has 0 radical (unpaired) electrons. The fraction of sp³-hybridized carbons (Fsp3) is 0.250. The lowest BCUT2D eigenvalue weighted by Gasteiger charge is -2.22. The molecule has 2 atom stereocenters. The van der Waals surface area contributed by atoms with Crippen molar-refractivity contribution in [3.8, 4) is 28.2 Å². The molecule has 1 aliphatic rings. The molecule has 0 saturated carbocycles. The average molecular weight is 818 g/mol. The Morgan fingerprint density at radius 2 is 1.84 bits per heavy atom. The van der Waals surface area contributed by atoms with Crippen LogP contribution in [0, 0.1) is 5.92 Å². The van der Waals surface area contributed by atoms with Crippen LogP contribution in [0.5, 0.6) is 0 Å². The van der Waals surface area contributed by atoms with Gasteiger partial charge in [-0.1, -0.05) is 35.0 Å². The predicted molar refractivity (Wildman–Crippen MR) is 199 cm³/mol. The number of halogens is 4. The van der Waals surface area contributed by atoms with Crippen LogP contribution in [0.15, 0.2) is 84.4 Å². The standard InChI is InChI=1S/C34H30ClN13O3.C2HF3O2/c1-20-5-3-7-30(27-13-21(10-12-36-27)32-28(40-34(20)50)16-39-45(32)2)46-19-38-26(15-31(46)49)24-14-22(35)8-9-29(24)47-17-23(41-43-47)18-51-48-33-25(42-44-48)6-4-11-37-33;3-2(4,5)1(6)7/h4,6,8-17,19-20,30H,3,5,7,18H2,1-2H3,(H,40,50);(H,6,7)/t20-,30+;/m1./s1. The van der Waals surface area contributed by atoms with Crippen LogP contribution in [0.1, 0.15) is 43.6 Å². The molecule has 18 nitrogen and oxygen atoms in total. The van der Waals surface area contributed by atoms with Gasteiger partial charge in [0.2, 0.25) is 11.6 Å². The number of carbonyl (C=O) groups excluding carboxylic acids is 1. The molecule has 1 amide bonds. The number of aromatic nitrogens is 12. The first kappa shape index (κ1) is 39.2. The third kappa shape index (κ3) is 8.38. The van der Waals surface area contributed by atoms with Gasteiger partial charge in [-0.3, -0.25) is 23.8 Å². The summed E-state index contributed by atoms with van der Waals surface area (Å²) in [5, 5.41) is 31.6. The van der Waals surface area contributed by atoms with Gasteiger partial charge in [-0.25, -0.2) is 19.4 Å². The lowest BCUT2D eigenvalue weighted by Crippen LogP contribution is -2.27. The fourth-order valence-corrected chi connectivity index (χ4v) is 6.40. The van der Waals surface area contributed by atoms with E-state index in [-0.39, 0.29) is 24.0 Å². The van der Waals surface area contributed by atoms with Gasteiger partial charge in [0.1, 0.15) is 11.2 Å². The third-order valence-electron chi connectivity index (χ3n) is 9.11. The van der Waals surface area contributed by atoms with Crippen LogP contribution in [-0.4, -0.2) is 82.6 Å². The van der Waals surface area contributed by atoms with Gasteiger partial charge in [0.25, 0.3) is 5.56 Å². The minimum absolute atomic E-state index is 0.0498. The van der Waals surface area contributed by atoms with Crippen molar-refractivity contribution in [2.45, 2.75) is 45.0 Å². The second-order valence-electron chi connectivity index (χ2n) is 13.1. The largest absolute Gasteiger partial charge is 0.490 e. The number of amides is 1. The van der Waals surface area contributed by atoms with Crippen LogP contribution in [0.25, 0.3) is 39.4 Å². The number of anilines is 1. The smallest absolute Gasteiger partial charge is 0.475 e. The van der Waals surface area contributed by atoms with E-state index in [2.05, 4.69) is 41.0 Å². The van der Waals surface area contributed by atoms with Gasteiger partial charge in [0.05, 0.1) is 53.2 Å². The van der Waals surface area contributed by atoms with Gasteiger partial charge in [-0.2, -0.15) is 18.3 Å². The maximum atomic E-state index is 14.0. The molecule has 0 unspecified atom stereocenters. The number of aliphatic carboxylic acids is 1. The molecule has 0 saturated heterocycles. The zero-order valence-electron chi connectivity index (χ0n) is 30.4. The SMILES string of the molecule is C[C@@H]1CCC[C@H](n2cnc(-c3cc(Cl)ccc3-n3cc(COn4nnc5cccnc54)nn3)cc2=O)c2cc(ccn2)-c2c(cnn2C)NC1=O.O=C(O)C(F)(F)F. The van der Waals surface area contributed by atoms with Gasteiger partial charge >= 0.3 is 12.1 Å².